The second kappa shape index (κ2) is 9.16. The van der Waals surface area contributed by atoms with Crippen LogP contribution in [-0.4, -0.2) is 70.1 Å². The lowest BCUT2D eigenvalue weighted by molar-refractivity contribution is 0.0661. The van der Waals surface area contributed by atoms with Crippen molar-refractivity contribution in [2.24, 2.45) is 15.8 Å². The Morgan fingerprint density at radius 1 is 1.28 bits per heavy atom. The zero-order chi connectivity index (χ0) is 22.8. The SMILES string of the molecule is C=NN1C=C(C)C(N2CC[C@H](N)C2)=N/C1=C/C1CCCCN1C(=O)c1ccc(C)c(O)c1. The first-order chi connectivity index (χ1) is 15.4. The van der Waals surface area contributed by atoms with Crippen LogP contribution in [0.4, 0.5) is 0 Å². The summed E-state index contributed by atoms with van der Waals surface area (Å²) in [6, 6.07) is 5.14. The summed E-state index contributed by atoms with van der Waals surface area (Å²) >= 11 is 0. The van der Waals surface area contributed by atoms with Crippen molar-refractivity contribution in [3.63, 3.8) is 0 Å². The number of aliphatic imine (C=N–C) groups is 1. The van der Waals surface area contributed by atoms with Gasteiger partial charge in [0.25, 0.3) is 5.91 Å². The van der Waals surface area contributed by atoms with Crippen molar-refractivity contribution in [3.05, 3.63) is 53.0 Å². The van der Waals surface area contributed by atoms with Gasteiger partial charge >= 0.3 is 0 Å². The summed E-state index contributed by atoms with van der Waals surface area (Å²) in [6.45, 7) is 9.85. The molecule has 0 spiro atoms. The van der Waals surface area contributed by atoms with Gasteiger partial charge < -0.3 is 20.6 Å². The van der Waals surface area contributed by atoms with Crippen LogP contribution >= 0.6 is 0 Å². The minimum absolute atomic E-state index is 0.0859. The molecule has 3 heterocycles. The van der Waals surface area contributed by atoms with Crippen LogP contribution in [0.3, 0.4) is 0 Å². The van der Waals surface area contributed by atoms with Crippen molar-refractivity contribution in [1.82, 2.24) is 14.8 Å². The number of nitrogens with zero attached hydrogens (tertiary/aromatic N) is 5. The Labute approximate surface area is 189 Å². The van der Waals surface area contributed by atoms with E-state index < -0.39 is 0 Å². The number of amides is 1. The van der Waals surface area contributed by atoms with Gasteiger partial charge in [-0.15, -0.1) is 0 Å². The number of aromatic hydroxyl groups is 1. The molecule has 3 N–H and O–H groups in total. The zero-order valence-corrected chi connectivity index (χ0v) is 18.9. The first-order valence-electron chi connectivity index (χ1n) is 11.2. The van der Waals surface area contributed by atoms with E-state index >= 15 is 0 Å². The maximum atomic E-state index is 13.3. The van der Waals surface area contributed by atoms with E-state index in [2.05, 4.69) is 16.7 Å². The number of aryl methyl sites for hydroxylation is 1. The van der Waals surface area contributed by atoms with E-state index in [-0.39, 0.29) is 23.7 Å². The van der Waals surface area contributed by atoms with Crippen molar-refractivity contribution in [3.8, 4) is 5.75 Å². The maximum Gasteiger partial charge on any atom is 0.254 e. The van der Waals surface area contributed by atoms with Crippen molar-refractivity contribution in [2.45, 2.75) is 51.6 Å². The number of likely N-dealkylation sites (tertiary alicyclic amines) is 2. The minimum atomic E-state index is -0.114. The van der Waals surface area contributed by atoms with Gasteiger partial charge in [-0.25, -0.2) is 10.0 Å². The highest BCUT2D eigenvalue weighted by molar-refractivity contribution is 5.99. The van der Waals surface area contributed by atoms with Gasteiger partial charge in [-0.3, -0.25) is 4.79 Å². The third-order valence-electron chi connectivity index (χ3n) is 6.41. The first-order valence-corrected chi connectivity index (χ1v) is 11.2. The first kappa shape index (κ1) is 22.1. The zero-order valence-electron chi connectivity index (χ0n) is 18.9. The molecule has 0 radical (unpaired) electrons. The van der Waals surface area contributed by atoms with Gasteiger partial charge in [0.15, 0.2) is 5.82 Å². The Bertz CT molecular complexity index is 998. The van der Waals surface area contributed by atoms with Crippen LogP contribution in [-0.2, 0) is 0 Å². The number of hydrogen-bond acceptors (Lipinski definition) is 7. The topological polar surface area (TPSA) is 97.8 Å². The van der Waals surface area contributed by atoms with Gasteiger partial charge in [0.2, 0.25) is 0 Å². The average molecular weight is 437 g/mol. The predicted molar refractivity (Wildman–Crippen MR) is 126 cm³/mol. The Morgan fingerprint density at radius 3 is 2.78 bits per heavy atom. The number of carbonyl (C=O) groups is 1. The number of hydrogen-bond donors (Lipinski definition) is 2. The summed E-state index contributed by atoms with van der Waals surface area (Å²) < 4.78 is 0. The fourth-order valence-electron chi connectivity index (χ4n) is 4.54. The lowest BCUT2D eigenvalue weighted by atomic mass is 9.99. The molecule has 3 aliphatic heterocycles. The van der Waals surface area contributed by atoms with E-state index in [1.165, 1.54) is 0 Å². The molecule has 1 aromatic carbocycles. The lowest BCUT2D eigenvalue weighted by Gasteiger charge is -2.35. The molecule has 0 bridgehead atoms. The van der Waals surface area contributed by atoms with Gasteiger partial charge in [0, 0.05) is 49.7 Å². The second-order valence-electron chi connectivity index (χ2n) is 8.82. The van der Waals surface area contributed by atoms with Crippen LogP contribution in [0.15, 0.2) is 52.0 Å². The molecule has 1 amide bonds. The predicted octanol–water partition coefficient (Wildman–Crippen LogP) is 2.80. The number of nitrogens with two attached hydrogens (primary N) is 1. The number of amidine groups is 1. The van der Waals surface area contributed by atoms with Gasteiger partial charge in [-0.1, -0.05) is 6.07 Å². The molecule has 0 aliphatic carbocycles. The van der Waals surface area contributed by atoms with E-state index in [1.54, 1.807) is 23.2 Å². The van der Waals surface area contributed by atoms with Crippen molar-refractivity contribution in [1.29, 1.82) is 0 Å². The Morgan fingerprint density at radius 2 is 2.09 bits per heavy atom. The van der Waals surface area contributed by atoms with E-state index in [0.29, 0.717) is 17.9 Å². The van der Waals surface area contributed by atoms with Crippen molar-refractivity contribution < 1.29 is 9.90 Å². The molecule has 3 aliphatic rings. The maximum absolute atomic E-state index is 13.3. The normalized spacial score (nSPS) is 25.1. The molecule has 1 unspecified atom stereocenters. The number of benzene rings is 1. The van der Waals surface area contributed by atoms with Crippen molar-refractivity contribution >= 4 is 18.5 Å². The van der Waals surface area contributed by atoms with Gasteiger partial charge in [-0.2, -0.15) is 5.10 Å². The monoisotopic (exact) mass is 436 g/mol. The number of hydrazone groups is 1. The quantitative estimate of drug-likeness (QED) is 0.710. The molecule has 1 aromatic rings. The Kier molecular flexibility index (Phi) is 6.32. The summed E-state index contributed by atoms with van der Waals surface area (Å²) in [7, 11) is 0. The lowest BCUT2D eigenvalue weighted by Crippen LogP contribution is -2.43. The smallest absolute Gasteiger partial charge is 0.254 e. The summed E-state index contributed by atoms with van der Waals surface area (Å²) in [4.78, 5) is 22.3. The average Bonchev–Trinajstić information content (AvgIpc) is 3.22. The van der Waals surface area contributed by atoms with Crippen LogP contribution in [0.2, 0.25) is 0 Å². The van der Waals surface area contributed by atoms with E-state index in [1.807, 2.05) is 31.0 Å². The molecule has 2 fully saturated rings. The molecule has 8 nitrogen and oxygen atoms in total. The molecule has 170 valence electrons. The summed E-state index contributed by atoms with van der Waals surface area (Å²) in [5.41, 5.74) is 8.36. The number of carbonyl (C=O) groups excluding carboxylic acids is 1. The molecule has 2 saturated heterocycles. The molecule has 2 atom stereocenters. The highest BCUT2D eigenvalue weighted by atomic mass is 16.3. The summed E-state index contributed by atoms with van der Waals surface area (Å²) in [6.07, 6.45) is 7.72. The number of phenolic OH excluding ortho intramolecular Hbond substituents is 1. The third kappa shape index (κ3) is 4.41. The number of phenols is 1. The largest absolute Gasteiger partial charge is 0.508 e. The molecule has 8 heteroatoms. The number of piperidine rings is 1. The molecule has 0 saturated carbocycles. The molecule has 4 rings (SSSR count). The summed E-state index contributed by atoms with van der Waals surface area (Å²) in [5.74, 6) is 1.62. The number of rotatable bonds is 3. The Balaban J connectivity index is 1.64. The molecular formula is C24H32N6O2. The van der Waals surface area contributed by atoms with E-state index in [9.17, 15) is 9.90 Å². The highest BCUT2D eigenvalue weighted by Gasteiger charge is 2.30. The van der Waals surface area contributed by atoms with Crippen LogP contribution in [0.5, 0.6) is 5.75 Å². The fraction of sp³-hybridized carbons (Fsp3) is 0.458. The van der Waals surface area contributed by atoms with Crippen molar-refractivity contribution in [2.75, 3.05) is 19.6 Å². The van der Waals surface area contributed by atoms with Crippen LogP contribution in [0, 0.1) is 6.92 Å². The molecule has 32 heavy (non-hydrogen) atoms. The summed E-state index contributed by atoms with van der Waals surface area (Å²) in [5, 5.41) is 15.9. The van der Waals surface area contributed by atoms with Crippen LogP contribution < -0.4 is 5.73 Å². The fourth-order valence-corrected chi connectivity index (χ4v) is 4.54. The van der Waals surface area contributed by atoms with Crippen LogP contribution in [0.25, 0.3) is 0 Å². The van der Waals surface area contributed by atoms with Gasteiger partial charge in [-0.05, 0) is 63.3 Å². The van der Waals surface area contributed by atoms with Crippen LogP contribution in [0.1, 0.15) is 48.5 Å². The van der Waals surface area contributed by atoms with Gasteiger partial charge in [0.1, 0.15) is 11.6 Å². The molecule has 0 aromatic heterocycles. The Hall–Kier alpha value is -3.13. The second-order valence-corrected chi connectivity index (χ2v) is 8.82. The standard InChI is InChI=1S/C24H32N6O2/c1-16-7-8-18(12-21(16)31)24(32)29-10-5-4-6-20(29)13-22-27-23(17(2)14-30(22)26-3)28-11-9-19(25)15-28/h7-8,12-14,19-20,31H,3-6,9-11,15,25H2,1-2H3/b22-13-/t19-,20?/m0/s1. The minimum Gasteiger partial charge on any atom is -0.508 e. The van der Waals surface area contributed by atoms with E-state index in [0.717, 1.165) is 55.7 Å². The third-order valence-corrected chi connectivity index (χ3v) is 6.41. The van der Waals surface area contributed by atoms with E-state index in [4.69, 9.17) is 10.7 Å². The van der Waals surface area contributed by atoms with Gasteiger partial charge in [0.05, 0.1) is 6.04 Å². The highest BCUT2D eigenvalue weighted by Crippen LogP contribution is 2.27. The molecular weight excluding hydrogens is 404 g/mol.